The number of nitrogens with zero attached hydrogens (tertiary/aromatic N) is 4. The van der Waals surface area contributed by atoms with E-state index in [0.717, 1.165) is 60.3 Å². The summed E-state index contributed by atoms with van der Waals surface area (Å²) in [6.07, 6.45) is 7.36. The van der Waals surface area contributed by atoms with Crippen molar-refractivity contribution in [2.24, 2.45) is 0 Å². The Bertz CT molecular complexity index is 1210. The largest absolute Gasteiger partial charge is 0.348 e. The molecule has 0 radical (unpaired) electrons. The number of benzene rings is 1. The highest BCUT2D eigenvalue weighted by Crippen LogP contribution is 2.25. The molecule has 6 nitrogen and oxygen atoms in total. The van der Waals surface area contributed by atoms with E-state index in [0.29, 0.717) is 5.56 Å². The van der Waals surface area contributed by atoms with Crippen molar-refractivity contribution < 1.29 is 4.79 Å². The summed E-state index contributed by atoms with van der Waals surface area (Å²) in [7, 11) is 0. The van der Waals surface area contributed by atoms with Gasteiger partial charge in [-0.15, -0.1) is 0 Å². The predicted octanol–water partition coefficient (Wildman–Crippen LogP) is 4.09. The van der Waals surface area contributed by atoms with Crippen molar-refractivity contribution in [2.75, 3.05) is 13.1 Å². The maximum atomic E-state index is 13.4. The molecular formula is C26H25N5O. The molecule has 0 aliphatic carbocycles. The summed E-state index contributed by atoms with van der Waals surface area (Å²) >= 11 is 0. The van der Waals surface area contributed by atoms with Gasteiger partial charge in [-0.2, -0.15) is 0 Å². The minimum Gasteiger partial charge on any atom is -0.348 e. The van der Waals surface area contributed by atoms with Crippen LogP contribution in [0.25, 0.3) is 22.2 Å². The summed E-state index contributed by atoms with van der Waals surface area (Å²) in [6, 6.07) is 19.6. The third-order valence-electron chi connectivity index (χ3n) is 5.87. The van der Waals surface area contributed by atoms with Gasteiger partial charge < -0.3 is 5.32 Å². The number of pyridine rings is 3. The highest BCUT2D eigenvalue weighted by Gasteiger charge is 2.23. The Morgan fingerprint density at radius 1 is 1.06 bits per heavy atom. The first-order valence-electron chi connectivity index (χ1n) is 11.0. The molecule has 1 N–H and O–H groups in total. The van der Waals surface area contributed by atoms with E-state index in [-0.39, 0.29) is 11.9 Å². The first-order chi connectivity index (χ1) is 15.8. The van der Waals surface area contributed by atoms with Crippen LogP contribution in [0.3, 0.4) is 0 Å². The Kier molecular flexibility index (Phi) is 5.85. The first-order valence-corrected chi connectivity index (χ1v) is 11.0. The van der Waals surface area contributed by atoms with Crippen molar-refractivity contribution >= 4 is 16.8 Å². The summed E-state index contributed by atoms with van der Waals surface area (Å²) < 4.78 is 0. The molecule has 0 bridgehead atoms. The summed E-state index contributed by atoms with van der Waals surface area (Å²) in [5.74, 6) is -0.0570. The molecule has 32 heavy (non-hydrogen) atoms. The van der Waals surface area contributed by atoms with Crippen LogP contribution in [0.5, 0.6) is 0 Å². The Morgan fingerprint density at radius 2 is 1.97 bits per heavy atom. The second-order valence-electron chi connectivity index (χ2n) is 8.18. The fraction of sp³-hybridized carbons (Fsp3) is 0.231. The van der Waals surface area contributed by atoms with E-state index in [4.69, 9.17) is 4.98 Å². The molecule has 4 aromatic rings. The Morgan fingerprint density at radius 3 is 2.81 bits per heavy atom. The van der Waals surface area contributed by atoms with Gasteiger partial charge in [0.05, 0.1) is 22.5 Å². The Hall–Kier alpha value is -3.64. The number of rotatable bonds is 5. The van der Waals surface area contributed by atoms with E-state index in [1.807, 2.05) is 66.9 Å². The van der Waals surface area contributed by atoms with Crippen molar-refractivity contribution in [3.05, 3.63) is 90.5 Å². The highest BCUT2D eigenvalue weighted by molar-refractivity contribution is 6.07. The van der Waals surface area contributed by atoms with Crippen LogP contribution in [0.1, 0.15) is 28.9 Å². The standard InChI is InChI=1S/C26H25N5O/c32-26(29-21-9-6-14-31(18-21)17-20-8-3-4-13-28-20)23-15-25(19-7-5-12-27-16-19)30-24-11-2-1-10-22(23)24/h1-5,7-8,10-13,15-16,21H,6,9,14,17-18H2,(H,29,32)/t21-/m0/s1. The monoisotopic (exact) mass is 423 g/mol. The number of hydrogen-bond donors (Lipinski definition) is 1. The number of aromatic nitrogens is 3. The van der Waals surface area contributed by atoms with Crippen LogP contribution in [-0.4, -0.2) is 44.9 Å². The average Bonchev–Trinajstić information content (AvgIpc) is 2.85. The summed E-state index contributed by atoms with van der Waals surface area (Å²) in [6.45, 7) is 2.64. The van der Waals surface area contributed by atoms with Crippen LogP contribution in [0.4, 0.5) is 0 Å². The highest BCUT2D eigenvalue weighted by atomic mass is 16.1. The molecule has 6 heteroatoms. The zero-order valence-electron chi connectivity index (χ0n) is 17.8. The fourth-order valence-corrected chi connectivity index (χ4v) is 4.33. The Balaban J connectivity index is 1.37. The molecule has 1 aromatic carbocycles. The molecular weight excluding hydrogens is 398 g/mol. The molecule has 1 aliphatic rings. The second-order valence-corrected chi connectivity index (χ2v) is 8.18. The van der Waals surface area contributed by atoms with Crippen LogP contribution in [0, 0.1) is 0 Å². The number of carbonyl (C=O) groups is 1. The number of carbonyl (C=O) groups excluding carboxylic acids is 1. The molecule has 1 atom stereocenters. The van der Waals surface area contributed by atoms with E-state index in [1.165, 1.54) is 0 Å². The van der Waals surface area contributed by atoms with Crippen LogP contribution in [0.15, 0.2) is 79.3 Å². The zero-order valence-corrected chi connectivity index (χ0v) is 17.8. The van der Waals surface area contributed by atoms with E-state index >= 15 is 0 Å². The molecule has 1 amide bonds. The molecule has 160 valence electrons. The van der Waals surface area contributed by atoms with Crippen molar-refractivity contribution in [3.8, 4) is 11.3 Å². The molecule has 1 fully saturated rings. The maximum Gasteiger partial charge on any atom is 0.252 e. The van der Waals surface area contributed by atoms with Gasteiger partial charge in [0.25, 0.3) is 5.91 Å². The normalized spacial score (nSPS) is 16.7. The number of amides is 1. The third kappa shape index (κ3) is 4.50. The van der Waals surface area contributed by atoms with Gasteiger partial charge in [-0.25, -0.2) is 4.98 Å². The van der Waals surface area contributed by atoms with Crippen LogP contribution in [-0.2, 0) is 6.54 Å². The average molecular weight is 424 g/mol. The number of piperidine rings is 1. The minimum atomic E-state index is -0.0570. The molecule has 0 spiro atoms. The van der Waals surface area contributed by atoms with Gasteiger partial charge in [-0.3, -0.25) is 19.7 Å². The molecule has 0 unspecified atom stereocenters. The van der Waals surface area contributed by atoms with Crippen LogP contribution >= 0.6 is 0 Å². The zero-order chi connectivity index (χ0) is 21.8. The lowest BCUT2D eigenvalue weighted by Crippen LogP contribution is -2.47. The van der Waals surface area contributed by atoms with E-state index < -0.39 is 0 Å². The number of likely N-dealkylation sites (tertiary alicyclic amines) is 1. The second kappa shape index (κ2) is 9.24. The molecule has 0 saturated carbocycles. The number of fused-ring (bicyclic) bond motifs is 1. The van der Waals surface area contributed by atoms with E-state index in [9.17, 15) is 4.79 Å². The van der Waals surface area contributed by atoms with Gasteiger partial charge in [-0.05, 0) is 55.8 Å². The third-order valence-corrected chi connectivity index (χ3v) is 5.87. The summed E-state index contributed by atoms with van der Waals surface area (Å²) in [4.78, 5) is 29.2. The van der Waals surface area contributed by atoms with E-state index in [1.54, 1.807) is 12.4 Å². The van der Waals surface area contributed by atoms with Gasteiger partial charge in [0, 0.05) is 48.7 Å². The lowest BCUT2D eigenvalue weighted by Gasteiger charge is -2.33. The molecule has 4 heterocycles. The number of para-hydroxylation sites is 1. The van der Waals surface area contributed by atoms with Gasteiger partial charge in [0.15, 0.2) is 0 Å². The van der Waals surface area contributed by atoms with Gasteiger partial charge >= 0.3 is 0 Å². The maximum absolute atomic E-state index is 13.4. The van der Waals surface area contributed by atoms with Crippen molar-refractivity contribution in [1.29, 1.82) is 0 Å². The SMILES string of the molecule is O=C(N[C@H]1CCCN(Cc2ccccn2)C1)c1cc(-c2cccnc2)nc2ccccc12. The van der Waals surface area contributed by atoms with E-state index in [2.05, 4.69) is 20.2 Å². The topological polar surface area (TPSA) is 71.0 Å². The quantitative estimate of drug-likeness (QED) is 0.524. The summed E-state index contributed by atoms with van der Waals surface area (Å²) in [5.41, 5.74) is 4.16. The van der Waals surface area contributed by atoms with Crippen molar-refractivity contribution in [2.45, 2.75) is 25.4 Å². The van der Waals surface area contributed by atoms with Gasteiger partial charge in [0.2, 0.25) is 0 Å². The minimum absolute atomic E-state index is 0.0570. The van der Waals surface area contributed by atoms with Crippen molar-refractivity contribution in [3.63, 3.8) is 0 Å². The van der Waals surface area contributed by atoms with Crippen molar-refractivity contribution in [1.82, 2.24) is 25.2 Å². The Labute approximate surface area is 187 Å². The van der Waals surface area contributed by atoms with Crippen LogP contribution < -0.4 is 5.32 Å². The molecule has 1 aliphatic heterocycles. The fourth-order valence-electron chi connectivity index (χ4n) is 4.33. The number of nitrogens with one attached hydrogen (secondary N) is 1. The molecule has 5 rings (SSSR count). The van der Waals surface area contributed by atoms with Crippen LogP contribution in [0.2, 0.25) is 0 Å². The predicted molar refractivity (Wildman–Crippen MR) is 125 cm³/mol. The van der Waals surface area contributed by atoms with Gasteiger partial charge in [0.1, 0.15) is 0 Å². The lowest BCUT2D eigenvalue weighted by atomic mass is 10.0. The number of hydrogen-bond acceptors (Lipinski definition) is 5. The molecule has 3 aromatic heterocycles. The smallest absolute Gasteiger partial charge is 0.252 e. The first kappa shape index (κ1) is 20.3. The molecule has 1 saturated heterocycles. The summed E-state index contributed by atoms with van der Waals surface area (Å²) in [5, 5.41) is 4.14. The lowest BCUT2D eigenvalue weighted by molar-refractivity contribution is 0.0902. The van der Waals surface area contributed by atoms with Gasteiger partial charge in [-0.1, -0.05) is 24.3 Å².